The number of likely N-dealkylation sites (N-methyl/N-ethyl adjacent to an activating group) is 1. The molecule has 1 N–H and O–H groups in total. The van der Waals surface area contributed by atoms with Gasteiger partial charge in [0.25, 0.3) is 5.56 Å². The molecule has 30 heavy (non-hydrogen) atoms. The predicted molar refractivity (Wildman–Crippen MR) is 116 cm³/mol. The van der Waals surface area contributed by atoms with E-state index in [0.717, 1.165) is 64.1 Å². The van der Waals surface area contributed by atoms with Crippen molar-refractivity contribution >= 4 is 16.9 Å². The molecule has 1 fully saturated rings. The molecule has 1 aliphatic rings. The number of nitrogens with zero attached hydrogens (tertiary/aromatic N) is 4. The average Bonchev–Trinajstić information content (AvgIpc) is 2.93. The van der Waals surface area contributed by atoms with Gasteiger partial charge in [-0.2, -0.15) is 4.98 Å². The van der Waals surface area contributed by atoms with Gasteiger partial charge in [-0.3, -0.25) is 9.78 Å². The maximum absolute atomic E-state index is 12.6. The summed E-state index contributed by atoms with van der Waals surface area (Å²) in [5, 5.41) is 4.58. The number of unbranched alkanes of at least 4 members (excludes halogenated alkanes) is 1. The minimum atomic E-state index is -0.526. The lowest BCUT2D eigenvalue weighted by molar-refractivity contribution is 0.291. The minimum Gasteiger partial charge on any atom is -0.403 e. The van der Waals surface area contributed by atoms with Crippen molar-refractivity contribution in [3.05, 3.63) is 32.4 Å². The lowest BCUT2D eigenvalue weighted by Crippen LogP contribution is -2.35. The molecule has 0 radical (unpaired) electrons. The van der Waals surface area contributed by atoms with E-state index in [1.165, 1.54) is 6.07 Å². The van der Waals surface area contributed by atoms with Crippen molar-refractivity contribution in [2.24, 2.45) is 5.16 Å². The number of aryl methyl sites for hydroxylation is 1. The van der Waals surface area contributed by atoms with Crippen molar-refractivity contribution in [2.75, 3.05) is 33.2 Å². The fourth-order valence-corrected chi connectivity index (χ4v) is 3.62. The molecule has 0 amide bonds. The number of aromatic amines is 1. The fourth-order valence-electron chi connectivity index (χ4n) is 3.62. The first-order valence-corrected chi connectivity index (χ1v) is 10.8. The third kappa shape index (κ3) is 5.47. The van der Waals surface area contributed by atoms with Crippen LogP contribution in [-0.4, -0.2) is 58.8 Å². The van der Waals surface area contributed by atoms with Gasteiger partial charge in [0.05, 0.1) is 0 Å². The molecular weight excluding hydrogens is 386 g/mol. The molecule has 3 heterocycles. The van der Waals surface area contributed by atoms with E-state index in [2.05, 4.69) is 45.8 Å². The number of hydrogen-bond acceptors (Lipinski definition) is 7. The summed E-state index contributed by atoms with van der Waals surface area (Å²) in [6.07, 6.45) is 5.17. The quantitative estimate of drug-likeness (QED) is 0.419. The van der Waals surface area contributed by atoms with Crippen LogP contribution in [0.4, 0.5) is 0 Å². The van der Waals surface area contributed by atoms with Gasteiger partial charge < -0.3 is 19.1 Å². The molecule has 0 aliphatic carbocycles. The van der Waals surface area contributed by atoms with Gasteiger partial charge >= 0.3 is 11.6 Å². The normalized spacial score (nSPS) is 16.1. The van der Waals surface area contributed by atoms with Crippen LogP contribution in [0.1, 0.15) is 51.5 Å². The molecule has 0 aromatic carbocycles. The van der Waals surface area contributed by atoms with Crippen molar-refractivity contribution in [3.8, 4) is 6.01 Å². The van der Waals surface area contributed by atoms with Crippen LogP contribution < -0.4 is 16.0 Å². The van der Waals surface area contributed by atoms with Crippen LogP contribution in [0.5, 0.6) is 6.01 Å². The van der Waals surface area contributed by atoms with Gasteiger partial charge in [-0.25, -0.2) is 4.79 Å². The Morgan fingerprint density at radius 3 is 2.83 bits per heavy atom. The van der Waals surface area contributed by atoms with Crippen molar-refractivity contribution in [1.82, 2.24) is 19.8 Å². The molecule has 3 rings (SSSR count). The second-order valence-electron chi connectivity index (χ2n) is 7.74. The van der Waals surface area contributed by atoms with E-state index in [-0.39, 0.29) is 11.7 Å². The highest BCUT2D eigenvalue weighted by Gasteiger charge is 2.17. The topological polar surface area (TPSA) is 104 Å². The molecule has 2 aromatic rings. The van der Waals surface area contributed by atoms with E-state index < -0.39 is 11.2 Å². The van der Waals surface area contributed by atoms with Gasteiger partial charge in [-0.05, 0) is 44.8 Å². The number of aromatic nitrogens is 2. The zero-order valence-corrected chi connectivity index (χ0v) is 18.1. The largest absolute Gasteiger partial charge is 0.403 e. The standard InChI is InChI=1S/C21H31N5O4/c1-4-6-9-15-14-17(27)29-20-18(15)19(28)22-21(23-20)30-24-16(8-5-2)26-11-7-10-25(3)12-13-26/h14H,4-13H2,1-3H3,(H,22,23,28). The van der Waals surface area contributed by atoms with E-state index in [1.807, 2.05) is 0 Å². The number of H-pyrrole nitrogens is 1. The summed E-state index contributed by atoms with van der Waals surface area (Å²) in [5.74, 6) is 0.827. The summed E-state index contributed by atoms with van der Waals surface area (Å²) in [4.78, 5) is 41.4. The Morgan fingerprint density at radius 2 is 2.07 bits per heavy atom. The Balaban J connectivity index is 1.88. The summed E-state index contributed by atoms with van der Waals surface area (Å²) in [5.41, 5.74) is -0.293. The maximum Gasteiger partial charge on any atom is 0.337 e. The molecule has 0 bridgehead atoms. The lowest BCUT2D eigenvalue weighted by atomic mass is 10.1. The van der Waals surface area contributed by atoms with Crippen LogP contribution in [0.2, 0.25) is 0 Å². The van der Waals surface area contributed by atoms with Crippen molar-refractivity contribution in [1.29, 1.82) is 0 Å². The van der Waals surface area contributed by atoms with Crippen molar-refractivity contribution in [2.45, 2.75) is 52.4 Å². The monoisotopic (exact) mass is 417 g/mol. The van der Waals surface area contributed by atoms with Crippen LogP contribution in [0.15, 0.2) is 25.2 Å². The van der Waals surface area contributed by atoms with Gasteiger partial charge in [0.1, 0.15) is 11.2 Å². The zero-order chi connectivity index (χ0) is 21.5. The van der Waals surface area contributed by atoms with Crippen LogP contribution in [0.3, 0.4) is 0 Å². The van der Waals surface area contributed by atoms with Crippen LogP contribution >= 0.6 is 0 Å². The molecule has 9 heteroatoms. The lowest BCUT2D eigenvalue weighted by Gasteiger charge is -2.23. The third-order valence-electron chi connectivity index (χ3n) is 5.27. The highest BCUT2D eigenvalue weighted by molar-refractivity contribution is 5.82. The predicted octanol–water partition coefficient (Wildman–Crippen LogP) is 2.35. The number of oxime groups is 1. The van der Waals surface area contributed by atoms with Gasteiger partial charge in [-0.1, -0.05) is 25.4 Å². The highest BCUT2D eigenvalue weighted by Crippen LogP contribution is 2.16. The minimum absolute atomic E-state index is 0.0176. The van der Waals surface area contributed by atoms with Crippen LogP contribution in [-0.2, 0) is 6.42 Å². The van der Waals surface area contributed by atoms with E-state index >= 15 is 0 Å². The third-order valence-corrected chi connectivity index (χ3v) is 5.27. The molecule has 0 saturated carbocycles. The second kappa shape index (κ2) is 10.4. The molecular formula is C21H31N5O4. The molecule has 0 spiro atoms. The Morgan fingerprint density at radius 1 is 1.23 bits per heavy atom. The number of fused-ring (bicyclic) bond motifs is 1. The van der Waals surface area contributed by atoms with E-state index in [4.69, 9.17) is 9.25 Å². The first-order chi connectivity index (χ1) is 14.5. The fraction of sp³-hybridized carbons (Fsp3) is 0.619. The van der Waals surface area contributed by atoms with E-state index in [1.54, 1.807) is 0 Å². The summed E-state index contributed by atoms with van der Waals surface area (Å²) >= 11 is 0. The van der Waals surface area contributed by atoms with Crippen molar-refractivity contribution < 1.29 is 9.25 Å². The summed E-state index contributed by atoms with van der Waals surface area (Å²) in [6, 6.07) is 1.28. The van der Waals surface area contributed by atoms with Gasteiger partial charge in [-0.15, -0.1) is 0 Å². The summed E-state index contributed by atoms with van der Waals surface area (Å²) < 4.78 is 5.17. The van der Waals surface area contributed by atoms with Gasteiger partial charge in [0, 0.05) is 32.1 Å². The first kappa shape index (κ1) is 22.0. The summed E-state index contributed by atoms with van der Waals surface area (Å²) in [6.45, 7) is 7.92. The molecule has 1 saturated heterocycles. The smallest absolute Gasteiger partial charge is 0.337 e. The van der Waals surface area contributed by atoms with Gasteiger partial charge in [0.2, 0.25) is 5.71 Å². The number of nitrogens with one attached hydrogen (secondary N) is 1. The number of rotatable bonds is 7. The van der Waals surface area contributed by atoms with Crippen molar-refractivity contribution in [3.63, 3.8) is 0 Å². The molecule has 1 aliphatic heterocycles. The van der Waals surface area contributed by atoms with Gasteiger partial charge in [0.15, 0.2) is 0 Å². The Kier molecular flexibility index (Phi) is 7.62. The number of hydrogen-bond donors (Lipinski definition) is 1. The average molecular weight is 418 g/mol. The Labute approximate surface area is 175 Å². The highest BCUT2D eigenvalue weighted by atomic mass is 16.6. The maximum atomic E-state index is 12.6. The molecule has 9 nitrogen and oxygen atoms in total. The summed E-state index contributed by atoms with van der Waals surface area (Å²) in [7, 11) is 2.11. The Bertz CT molecular complexity index is 997. The molecule has 0 atom stereocenters. The van der Waals surface area contributed by atoms with E-state index in [9.17, 15) is 9.59 Å². The molecule has 0 unspecified atom stereocenters. The zero-order valence-electron chi connectivity index (χ0n) is 18.1. The second-order valence-corrected chi connectivity index (χ2v) is 7.74. The number of amidine groups is 1. The van der Waals surface area contributed by atoms with Crippen LogP contribution in [0, 0.1) is 0 Å². The SMILES string of the molecule is CCCCc1cc(=O)oc2nc(ON=C(CCC)N3CCCN(C)CC3)[nH]c(=O)c12. The first-order valence-electron chi connectivity index (χ1n) is 10.8. The van der Waals surface area contributed by atoms with E-state index in [0.29, 0.717) is 17.4 Å². The molecule has 2 aromatic heterocycles. The molecule has 164 valence electrons. The van der Waals surface area contributed by atoms with Crippen LogP contribution in [0.25, 0.3) is 11.1 Å². The Hall–Kier alpha value is -2.68.